The quantitative estimate of drug-likeness (QED) is 0.790. The molecule has 0 radical (unpaired) electrons. The van der Waals surface area contributed by atoms with E-state index in [0.29, 0.717) is 28.0 Å². The van der Waals surface area contributed by atoms with E-state index in [2.05, 4.69) is 15.6 Å². The second kappa shape index (κ2) is 8.52. The highest BCUT2D eigenvalue weighted by Crippen LogP contribution is 2.25. The molecule has 26 heavy (non-hydrogen) atoms. The van der Waals surface area contributed by atoms with Gasteiger partial charge in [-0.05, 0) is 30.5 Å². The van der Waals surface area contributed by atoms with E-state index in [0.717, 1.165) is 31.2 Å². The van der Waals surface area contributed by atoms with E-state index in [1.807, 2.05) is 12.1 Å². The van der Waals surface area contributed by atoms with Gasteiger partial charge in [0.2, 0.25) is 5.91 Å². The van der Waals surface area contributed by atoms with Gasteiger partial charge in [-0.1, -0.05) is 48.2 Å². The first kappa shape index (κ1) is 18.7. The van der Waals surface area contributed by atoms with Crippen LogP contribution in [0, 0.1) is 5.92 Å². The Morgan fingerprint density at radius 2 is 1.77 bits per heavy atom. The topological polar surface area (TPSA) is 71.1 Å². The van der Waals surface area contributed by atoms with E-state index in [1.54, 1.807) is 12.1 Å². The van der Waals surface area contributed by atoms with Crippen LogP contribution in [0.4, 0.5) is 5.82 Å². The van der Waals surface area contributed by atoms with Gasteiger partial charge in [-0.3, -0.25) is 9.59 Å². The highest BCUT2D eigenvalue weighted by atomic mass is 35.5. The number of benzene rings is 1. The number of aromatic nitrogens is 1. The normalized spacial score (nSPS) is 14.2. The SMILES string of the molecule is O=C(Nc1cc(Cl)c(Cl)cn1)c1ccc(CNC(=O)C2CCCC2)cc1. The second-order valence-corrected chi connectivity index (χ2v) is 7.15. The maximum Gasteiger partial charge on any atom is 0.256 e. The van der Waals surface area contributed by atoms with Crippen LogP contribution in [0.1, 0.15) is 41.6 Å². The zero-order valence-electron chi connectivity index (χ0n) is 14.1. The molecule has 7 heteroatoms. The highest BCUT2D eigenvalue weighted by molar-refractivity contribution is 6.42. The Labute approximate surface area is 162 Å². The van der Waals surface area contributed by atoms with Crippen molar-refractivity contribution >= 4 is 40.8 Å². The standard InChI is InChI=1S/C19H19Cl2N3O2/c20-15-9-17(22-11-16(15)21)24-19(26)14-7-5-12(6-8-14)10-23-18(25)13-3-1-2-4-13/h5-9,11,13H,1-4,10H2,(H,23,25)(H,22,24,26). The summed E-state index contributed by atoms with van der Waals surface area (Å²) in [6, 6.07) is 8.57. The van der Waals surface area contributed by atoms with Crippen molar-refractivity contribution in [2.75, 3.05) is 5.32 Å². The lowest BCUT2D eigenvalue weighted by Gasteiger charge is -2.11. The lowest BCUT2D eigenvalue weighted by atomic mass is 10.1. The minimum Gasteiger partial charge on any atom is -0.352 e. The summed E-state index contributed by atoms with van der Waals surface area (Å²) in [5.74, 6) is 0.309. The third-order valence-corrected chi connectivity index (χ3v) is 5.17. The van der Waals surface area contributed by atoms with E-state index in [1.165, 1.54) is 12.3 Å². The predicted molar refractivity (Wildman–Crippen MR) is 102 cm³/mol. The molecule has 1 heterocycles. The van der Waals surface area contributed by atoms with Crippen molar-refractivity contribution in [2.24, 2.45) is 5.92 Å². The monoisotopic (exact) mass is 391 g/mol. The summed E-state index contributed by atoms with van der Waals surface area (Å²) in [7, 11) is 0. The summed E-state index contributed by atoms with van der Waals surface area (Å²) < 4.78 is 0. The number of nitrogens with one attached hydrogen (secondary N) is 2. The molecule has 1 fully saturated rings. The molecule has 0 spiro atoms. The molecule has 0 saturated heterocycles. The largest absolute Gasteiger partial charge is 0.352 e. The molecule has 1 aliphatic carbocycles. The van der Waals surface area contributed by atoms with Gasteiger partial charge in [0.15, 0.2) is 0 Å². The van der Waals surface area contributed by atoms with Crippen LogP contribution in [0.2, 0.25) is 10.0 Å². The Morgan fingerprint density at radius 1 is 1.08 bits per heavy atom. The van der Waals surface area contributed by atoms with Gasteiger partial charge >= 0.3 is 0 Å². The van der Waals surface area contributed by atoms with E-state index in [-0.39, 0.29) is 17.7 Å². The van der Waals surface area contributed by atoms with Crippen LogP contribution >= 0.6 is 23.2 Å². The number of hydrogen-bond acceptors (Lipinski definition) is 3. The average molecular weight is 392 g/mol. The van der Waals surface area contributed by atoms with Crippen molar-refractivity contribution in [1.82, 2.24) is 10.3 Å². The molecular formula is C19H19Cl2N3O2. The molecule has 2 amide bonds. The summed E-state index contributed by atoms with van der Waals surface area (Å²) in [5.41, 5.74) is 1.43. The number of carbonyl (C=O) groups is 2. The smallest absolute Gasteiger partial charge is 0.256 e. The molecule has 1 aromatic carbocycles. The summed E-state index contributed by atoms with van der Waals surface area (Å²) in [6.07, 6.45) is 5.61. The number of amides is 2. The maximum atomic E-state index is 12.3. The van der Waals surface area contributed by atoms with Crippen LogP contribution in [0.5, 0.6) is 0 Å². The lowest BCUT2D eigenvalue weighted by molar-refractivity contribution is -0.124. The molecule has 0 unspecified atom stereocenters. The van der Waals surface area contributed by atoms with Gasteiger partial charge < -0.3 is 10.6 Å². The Hall–Kier alpha value is -2.11. The Bertz CT molecular complexity index is 803. The van der Waals surface area contributed by atoms with Crippen molar-refractivity contribution < 1.29 is 9.59 Å². The highest BCUT2D eigenvalue weighted by Gasteiger charge is 2.22. The molecule has 5 nitrogen and oxygen atoms in total. The molecule has 136 valence electrons. The van der Waals surface area contributed by atoms with Crippen LogP contribution in [0.25, 0.3) is 0 Å². The molecule has 1 saturated carbocycles. The van der Waals surface area contributed by atoms with Gasteiger partial charge in [0.25, 0.3) is 5.91 Å². The number of carbonyl (C=O) groups excluding carboxylic acids is 2. The number of rotatable bonds is 5. The van der Waals surface area contributed by atoms with Crippen LogP contribution in [-0.4, -0.2) is 16.8 Å². The fourth-order valence-corrected chi connectivity index (χ4v) is 3.22. The van der Waals surface area contributed by atoms with Crippen molar-refractivity contribution in [3.63, 3.8) is 0 Å². The van der Waals surface area contributed by atoms with E-state index < -0.39 is 0 Å². The Kier molecular flexibility index (Phi) is 6.12. The average Bonchev–Trinajstić information content (AvgIpc) is 3.18. The minimum absolute atomic E-state index is 0.120. The lowest BCUT2D eigenvalue weighted by Crippen LogP contribution is -2.28. The number of halogens is 2. The number of anilines is 1. The van der Waals surface area contributed by atoms with E-state index in [9.17, 15) is 9.59 Å². The Balaban J connectivity index is 1.55. The second-order valence-electron chi connectivity index (χ2n) is 6.33. The molecule has 3 rings (SSSR count). The fourth-order valence-electron chi connectivity index (χ4n) is 2.97. The first-order valence-corrected chi connectivity index (χ1v) is 9.27. The fraction of sp³-hybridized carbons (Fsp3) is 0.316. The third kappa shape index (κ3) is 4.74. The zero-order valence-corrected chi connectivity index (χ0v) is 15.6. The molecule has 2 N–H and O–H groups in total. The first-order valence-electron chi connectivity index (χ1n) is 8.52. The van der Waals surface area contributed by atoms with Crippen LogP contribution in [0.3, 0.4) is 0 Å². The van der Waals surface area contributed by atoms with Gasteiger partial charge in [0.1, 0.15) is 5.82 Å². The van der Waals surface area contributed by atoms with Gasteiger partial charge in [0, 0.05) is 30.3 Å². The molecule has 1 aromatic heterocycles. The zero-order chi connectivity index (χ0) is 18.5. The summed E-state index contributed by atoms with van der Waals surface area (Å²) in [5, 5.41) is 6.29. The summed E-state index contributed by atoms with van der Waals surface area (Å²) >= 11 is 11.7. The minimum atomic E-state index is -0.294. The first-order chi connectivity index (χ1) is 12.5. The van der Waals surface area contributed by atoms with Crippen LogP contribution in [0.15, 0.2) is 36.5 Å². The molecule has 0 bridgehead atoms. The van der Waals surface area contributed by atoms with E-state index in [4.69, 9.17) is 23.2 Å². The summed E-state index contributed by atoms with van der Waals surface area (Å²) in [4.78, 5) is 28.3. The Morgan fingerprint density at radius 3 is 2.42 bits per heavy atom. The van der Waals surface area contributed by atoms with Gasteiger partial charge in [-0.15, -0.1) is 0 Å². The van der Waals surface area contributed by atoms with Crippen LogP contribution < -0.4 is 10.6 Å². The molecular weight excluding hydrogens is 373 g/mol. The number of hydrogen-bond donors (Lipinski definition) is 2. The van der Waals surface area contributed by atoms with Crippen molar-refractivity contribution in [1.29, 1.82) is 0 Å². The molecule has 2 aromatic rings. The summed E-state index contributed by atoms with van der Waals surface area (Å²) in [6.45, 7) is 0.464. The molecule has 0 atom stereocenters. The maximum absolute atomic E-state index is 12.3. The van der Waals surface area contributed by atoms with Gasteiger partial charge in [0.05, 0.1) is 10.0 Å². The molecule has 0 aliphatic heterocycles. The van der Waals surface area contributed by atoms with Crippen molar-refractivity contribution in [3.8, 4) is 0 Å². The number of pyridine rings is 1. The molecule has 1 aliphatic rings. The van der Waals surface area contributed by atoms with Crippen LogP contribution in [-0.2, 0) is 11.3 Å². The van der Waals surface area contributed by atoms with Crippen molar-refractivity contribution in [3.05, 3.63) is 57.7 Å². The van der Waals surface area contributed by atoms with Crippen molar-refractivity contribution in [2.45, 2.75) is 32.2 Å². The third-order valence-electron chi connectivity index (χ3n) is 4.46. The van der Waals surface area contributed by atoms with Gasteiger partial charge in [-0.2, -0.15) is 0 Å². The predicted octanol–water partition coefficient (Wildman–Crippen LogP) is 4.45. The van der Waals surface area contributed by atoms with E-state index >= 15 is 0 Å². The number of nitrogens with zero attached hydrogens (tertiary/aromatic N) is 1. The van der Waals surface area contributed by atoms with Gasteiger partial charge in [-0.25, -0.2) is 4.98 Å².